The lowest BCUT2D eigenvalue weighted by Crippen LogP contribution is -2.42. The lowest BCUT2D eigenvalue weighted by atomic mass is 9.99. The molecule has 0 N–H and O–H groups in total. The molecule has 0 bridgehead atoms. The number of likely N-dealkylation sites (tertiary alicyclic amines) is 1. The molecule has 1 saturated heterocycles. The van der Waals surface area contributed by atoms with E-state index in [-0.39, 0.29) is 5.69 Å². The van der Waals surface area contributed by atoms with Gasteiger partial charge in [0, 0.05) is 37.0 Å². The van der Waals surface area contributed by atoms with Crippen molar-refractivity contribution in [2.75, 3.05) is 32.8 Å². The van der Waals surface area contributed by atoms with E-state index in [0.717, 1.165) is 58.2 Å². The second kappa shape index (κ2) is 9.49. The van der Waals surface area contributed by atoms with Gasteiger partial charge in [0.2, 0.25) is 5.88 Å². The van der Waals surface area contributed by atoms with Crippen molar-refractivity contribution in [1.29, 1.82) is 0 Å². The molecule has 0 unspecified atom stereocenters. The Morgan fingerprint density at radius 1 is 1.08 bits per heavy atom. The summed E-state index contributed by atoms with van der Waals surface area (Å²) in [5.74, 6) is 1.39. The number of ether oxygens (including phenoxy) is 2. The molecule has 1 atom stereocenters. The molecule has 5 heterocycles. The lowest BCUT2D eigenvalue weighted by Gasteiger charge is -2.28. The summed E-state index contributed by atoms with van der Waals surface area (Å²) < 4.78 is 16.0. The fourth-order valence-electron chi connectivity index (χ4n) is 5.75. The Balaban J connectivity index is 1.31. The van der Waals surface area contributed by atoms with Gasteiger partial charge in [0.25, 0.3) is 0 Å². The third-order valence-corrected chi connectivity index (χ3v) is 8.20. The Kier molecular flexibility index (Phi) is 6.15. The normalized spacial score (nSPS) is 19.9. The van der Waals surface area contributed by atoms with Crippen molar-refractivity contribution in [2.45, 2.75) is 51.5 Å². The number of rotatable bonds is 7. The van der Waals surface area contributed by atoms with Crippen molar-refractivity contribution in [1.82, 2.24) is 24.0 Å². The van der Waals surface area contributed by atoms with E-state index in [1.54, 1.807) is 10.8 Å². The highest BCUT2D eigenvalue weighted by Gasteiger charge is 2.35. The monoisotopic (exact) mass is 501 g/mol. The Morgan fingerprint density at radius 2 is 1.92 bits per heavy atom. The highest BCUT2D eigenvalue weighted by atomic mass is 16.5. The van der Waals surface area contributed by atoms with Crippen molar-refractivity contribution in [3.8, 4) is 22.8 Å². The van der Waals surface area contributed by atoms with Crippen molar-refractivity contribution < 1.29 is 9.47 Å². The van der Waals surface area contributed by atoms with E-state index in [0.29, 0.717) is 19.1 Å². The number of benzene rings is 1. The van der Waals surface area contributed by atoms with Gasteiger partial charge in [-0.2, -0.15) is 0 Å². The molecule has 8 nitrogen and oxygen atoms in total. The standard InChI is InChI=1S/C29H35N5O3/c1-4-29(2)19-37-27-21(10-11-22-25(27)26-23(18-30-22)32(3)28(35)34(26)29)20-9-12-24(31-17-20)36-16-8-15-33-13-6-5-7-14-33/h9-12,17-18H,4-8,13-16,19H2,1-3H3/t29-/m1/s1. The van der Waals surface area contributed by atoms with E-state index in [1.807, 2.05) is 42.1 Å². The minimum Gasteiger partial charge on any atom is -0.490 e. The SMILES string of the molecule is CC[C@]1(C)COc2c(-c3ccc(OCCCN4CCCCC4)nc3)ccc3ncc4c(c23)n1c(=O)n4C. The zero-order valence-electron chi connectivity index (χ0n) is 22.0. The first-order valence-corrected chi connectivity index (χ1v) is 13.5. The maximum Gasteiger partial charge on any atom is 0.329 e. The molecular weight excluding hydrogens is 466 g/mol. The molecule has 2 aliphatic heterocycles. The summed E-state index contributed by atoms with van der Waals surface area (Å²) in [5, 5.41) is 0.878. The van der Waals surface area contributed by atoms with Crippen LogP contribution in [0.25, 0.3) is 33.1 Å². The lowest BCUT2D eigenvalue weighted by molar-refractivity contribution is 0.167. The number of nitrogens with zero attached hydrogens (tertiary/aromatic N) is 5. The summed E-state index contributed by atoms with van der Waals surface area (Å²) in [4.78, 5) is 25.1. The first-order valence-electron chi connectivity index (χ1n) is 13.5. The molecular formula is C29H35N5O3. The number of aryl methyl sites for hydroxylation is 1. The van der Waals surface area contributed by atoms with E-state index in [9.17, 15) is 4.79 Å². The van der Waals surface area contributed by atoms with Crippen molar-refractivity contribution in [3.05, 3.63) is 47.1 Å². The Hall–Kier alpha value is -3.39. The van der Waals surface area contributed by atoms with Gasteiger partial charge in [-0.1, -0.05) is 13.3 Å². The van der Waals surface area contributed by atoms with Crippen LogP contribution in [0.2, 0.25) is 0 Å². The fourth-order valence-corrected chi connectivity index (χ4v) is 5.75. The highest BCUT2D eigenvalue weighted by Crippen LogP contribution is 2.43. The molecule has 0 saturated carbocycles. The number of piperidine rings is 1. The van der Waals surface area contributed by atoms with Gasteiger partial charge in [0.15, 0.2) is 0 Å². The van der Waals surface area contributed by atoms with Crippen molar-refractivity contribution >= 4 is 21.9 Å². The number of aromatic nitrogens is 4. The fraction of sp³-hybridized carbons (Fsp3) is 0.483. The molecule has 4 aromatic rings. The van der Waals surface area contributed by atoms with Crippen LogP contribution in [0.3, 0.4) is 0 Å². The van der Waals surface area contributed by atoms with Crippen LogP contribution in [0.15, 0.2) is 41.5 Å². The Morgan fingerprint density at radius 3 is 2.68 bits per heavy atom. The predicted octanol–water partition coefficient (Wildman–Crippen LogP) is 4.72. The zero-order chi connectivity index (χ0) is 25.6. The van der Waals surface area contributed by atoms with Gasteiger partial charge < -0.3 is 14.4 Å². The van der Waals surface area contributed by atoms with E-state index < -0.39 is 5.54 Å². The quantitative estimate of drug-likeness (QED) is 0.341. The highest BCUT2D eigenvalue weighted by molar-refractivity contribution is 6.09. The number of imidazole rings is 1. The third-order valence-electron chi connectivity index (χ3n) is 8.20. The average Bonchev–Trinajstić information content (AvgIpc) is 3.11. The third kappa shape index (κ3) is 4.07. The molecule has 37 heavy (non-hydrogen) atoms. The van der Waals surface area contributed by atoms with Gasteiger partial charge in [0.05, 0.1) is 40.3 Å². The predicted molar refractivity (Wildman–Crippen MR) is 146 cm³/mol. The van der Waals surface area contributed by atoms with Gasteiger partial charge in [0.1, 0.15) is 12.4 Å². The Labute approximate surface area is 216 Å². The van der Waals surface area contributed by atoms with E-state index in [1.165, 1.54) is 32.4 Å². The van der Waals surface area contributed by atoms with Crippen LogP contribution in [0.5, 0.6) is 11.6 Å². The van der Waals surface area contributed by atoms with Gasteiger partial charge >= 0.3 is 5.69 Å². The minimum absolute atomic E-state index is 0.0426. The van der Waals surface area contributed by atoms with Crippen LogP contribution in [-0.2, 0) is 12.6 Å². The van der Waals surface area contributed by atoms with E-state index >= 15 is 0 Å². The first-order chi connectivity index (χ1) is 18.0. The maximum absolute atomic E-state index is 13.3. The summed E-state index contributed by atoms with van der Waals surface area (Å²) in [6, 6.07) is 7.99. The molecule has 1 fully saturated rings. The summed E-state index contributed by atoms with van der Waals surface area (Å²) >= 11 is 0. The maximum atomic E-state index is 13.3. The van der Waals surface area contributed by atoms with Crippen LogP contribution < -0.4 is 15.2 Å². The van der Waals surface area contributed by atoms with Crippen LogP contribution in [0.4, 0.5) is 0 Å². The van der Waals surface area contributed by atoms with Crippen molar-refractivity contribution in [3.63, 3.8) is 0 Å². The largest absolute Gasteiger partial charge is 0.490 e. The summed E-state index contributed by atoms with van der Waals surface area (Å²) in [7, 11) is 1.81. The van der Waals surface area contributed by atoms with Gasteiger partial charge in [-0.05, 0) is 63.9 Å². The van der Waals surface area contributed by atoms with Crippen LogP contribution in [0.1, 0.15) is 46.0 Å². The molecule has 8 heteroatoms. The van der Waals surface area contributed by atoms with Crippen LogP contribution >= 0.6 is 0 Å². The molecule has 1 aromatic carbocycles. The molecule has 194 valence electrons. The van der Waals surface area contributed by atoms with E-state index in [2.05, 4.69) is 28.7 Å². The van der Waals surface area contributed by atoms with Gasteiger partial charge in [-0.25, -0.2) is 9.78 Å². The van der Waals surface area contributed by atoms with Crippen molar-refractivity contribution in [2.24, 2.45) is 7.05 Å². The summed E-state index contributed by atoms with van der Waals surface area (Å²) in [6.45, 7) is 8.75. The van der Waals surface area contributed by atoms with Gasteiger partial charge in [-0.15, -0.1) is 0 Å². The molecule has 0 radical (unpaired) electrons. The molecule has 0 aliphatic carbocycles. The zero-order valence-corrected chi connectivity index (χ0v) is 22.0. The topological polar surface area (TPSA) is 74.4 Å². The number of hydrogen-bond acceptors (Lipinski definition) is 6. The van der Waals surface area contributed by atoms with E-state index in [4.69, 9.17) is 9.47 Å². The summed E-state index contributed by atoms with van der Waals surface area (Å²) in [5.41, 5.74) is 3.89. The van der Waals surface area contributed by atoms with Gasteiger partial charge in [-0.3, -0.25) is 14.1 Å². The average molecular weight is 502 g/mol. The molecule has 2 aliphatic rings. The molecule has 0 amide bonds. The summed E-state index contributed by atoms with van der Waals surface area (Å²) in [6.07, 6.45) is 9.39. The second-order valence-electron chi connectivity index (χ2n) is 10.6. The molecule has 6 rings (SSSR count). The number of pyridine rings is 2. The number of hydrogen-bond donors (Lipinski definition) is 0. The minimum atomic E-state index is -0.467. The smallest absolute Gasteiger partial charge is 0.329 e. The Bertz CT molecular complexity index is 1500. The van der Waals surface area contributed by atoms with Crippen LogP contribution in [-0.4, -0.2) is 56.9 Å². The van der Waals surface area contributed by atoms with Crippen LogP contribution in [0, 0.1) is 0 Å². The second-order valence-corrected chi connectivity index (χ2v) is 10.6. The molecule has 0 spiro atoms. The first kappa shape index (κ1) is 24.0. The molecule has 3 aromatic heterocycles.